The Labute approximate surface area is 108 Å². The number of hydrogen-bond donors (Lipinski definition) is 2. The van der Waals surface area contributed by atoms with Gasteiger partial charge in [0, 0.05) is 0 Å². The molecule has 0 atom stereocenters. The smallest absolute Gasteiger partial charge is 0.268 e. The predicted octanol–water partition coefficient (Wildman–Crippen LogP) is 0.267. The second-order valence-corrected chi connectivity index (χ2v) is 4.63. The molecule has 1 aromatic heterocycles. The molecule has 3 N–H and O–H groups in total. The molecule has 1 amide bonds. The molecule has 6 heteroatoms. The van der Waals surface area contributed by atoms with Gasteiger partial charge in [0.05, 0.1) is 18.4 Å². The molecule has 102 valence electrons. The molecule has 1 heterocycles. The second-order valence-electron chi connectivity index (χ2n) is 4.63. The first kappa shape index (κ1) is 14.7. The van der Waals surface area contributed by atoms with Crippen molar-refractivity contribution in [2.45, 2.75) is 13.0 Å². The van der Waals surface area contributed by atoms with Crippen molar-refractivity contribution in [1.82, 2.24) is 15.2 Å². The van der Waals surface area contributed by atoms with Crippen LogP contribution >= 0.6 is 0 Å². The van der Waals surface area contributed by atoms with E-state index in [1.54, 1.807) is 6.07 Å². The van der Waals surface area contributed by atoms with E-state index in [2.05, 4.69) is 29.3 Å². The van der Waals surface area contributed by atoms with Crippen LogP contribution in [-0.4, -0.2) is 49.9 Å². The minimum Gasteiger partial charge on any atom is -0.467 e. The van der Waals surface area contributed by atoms with Gasteiger partial charge in [-0.15, -0.1) is 0 Å². The summed E-state index contributed by atoms with van der Waals surface area (Å²) in [6.45, 7) is 2.59. The Hall–Kier alpha value is -1.37. The van der Waals surface area contributed by atoms with Gasteiger partial charge in [-0.05, 0) is 46.7 Å². The minimum atomic E-state index is -0.319. The second kappa shape index (κ2) is 7.15. The molecule has 0 saturated heterocycles. The average Bonchev–Trinajstić information content (AvgIpc) is 2.75. The number of nitrogens with zero attached hydrogens (tertiary/aromatic N) is 2. The van der Waals surface area contributed by atoms with Gasteiger partial charge >= 0.3 is 0 Å². The van der Waals surface area contributed by atoms with Crippen LogP contribution in [0.15, 0.2) is 16.7 Å². The summed E-state index contributed by atoms with van der Waals surface area (Å²) in [6, 6.07) is 1.63. The third-order valence-corrected chi connectivity index (χ3v) is 2.68. The average molecular weight is 254 g/mol. The summed E-state index contributed by atoms with van der Waals surface area (Å²) in [5.41, 5.74) is 2.61. The number of carbonyl (C=O) groups is 1. The van der Waals surface area contributed by atoms with E-state index in [-0.39, 0.29) is 5.91 Å². The molecule has 0 saturated carbocycles. The van der Waals surface area contributed by atoms with Gasteiger partial charge in [-0.3, -0.25) is 15.1 Å². The highest BCUT2D eigenvalue weighted by Gasteiger charge is 2.14. The van der Waals surface area contributed by atoms with Crippen LogP contribution < -0.4 is 11.3 Å². The number of nitrogens with two attached hydrogens (primary N) is 1. The predicted molar refractivity (Wildman–Crippen MR) is 69.9 cm³/mol. The van der Waals surface area contributed by atoms with Gasteiger partial charge in [0.1, 0.15) is 5.76 Å². The van der Waals surface area contributed by atoms with Gasteiger partial charge in [0.2, 0.25) is 0 Å². The zero-order chi connectivity index (χ0) is 13.5. The molecule has 0 aromatic carbocycles. The molecule has 18 heavy (non-hydrogen) atoms. The third kappa shape index (κ3) is 4.48. The molecule has 6 nitrogen and oxygen atoms in total. The Kier molecular flexibility index (Phi) is 5.84. The lowest BCUT2D eigenvalue weighted by Crippen LogP contribution is -2.31. The number of amides is 1. The first-order chi connectivity index (χ1) is 8.54. The fraction of sp³-hybridized carbons (Fsp3) is 0.583. The van der Waals surface area contributed by atoms with Gasteiger partial charge in [-0.2, -0.15) is 0 Å². The number of furan rings is 1. The first-order valence-electron chi connectivity index (χ1n) is 5.95. The van der Waals surface area contributed by atoms with Gasteiger partial charge in [-0.25, -0.2) is 5.84 Å². The van der Waals surface area contributed by atoms with E-state index >= 15 is 0 Å². The van der Waals surface area contributed by atoms with Crippen molar-refractivity contribution in [2.24, 2.45) is 5.84 Å². The van der Waals surface area contributed by atoms with Crippen molar-refractivity contribution < 1.29 is 9.21 Å². The highest BCUT2D eigenvalue weighted by atomic mass is 16.3. The lowest BCUT2D eigenvalue weighted by molar-refractivity contribution is 0.0950. The summed E-state index contributed by atoms with van der Waals surface area (Å²) in [4.78, 5) is 15.7. The standard InChI is InChI=1S/C12H22N4O2/c1-15(2)6-4-7-16(3)9-11-10(5-8-18-11)12(17)14-13/h5,8H,4,6-7,9,13H2,1-3H3,(H,14,17). The van der Waals surface area contributed by atoms with E-state index in [1.807, 2.05) is 7.05 Å². The largest absolute Gasteiger partial charge is 0.467 e. The zero-order valence-corrected chi connectivity index (χ0v) is 11.3. The molecule has 0 aliphatic carbocycles. The van der Waals surface area contributed by atoms with Crippen molar-refractivity contribution in [3.63, 3.8) is 0 Å². The van der Waals surface area contributed by atoms with Gasteiger partial charge in [-0.1, -0.05) is 0 Å². The van der Waals surface area contributed by atoms with Crippen LogP contribution in [0.4, 0.5) is 0 Å². The van der Waals surface area contributed by atoms with Crippen LogP contribution in [0.25, 0.3) is 0 Å². The Bertz CT molecular complexity index is 376. The number of hydrogen-bond acceptors (Lipinski definition) is 5. The summed E-state index contributed by atoms with van der Waals surface area (Å²) < 4.78 is 5.32. The van der Waals surface area contributed by atoms with Crippen LogP contribution in [0.5, 0.6) is 0 Å². The van der Waals surface area contributed by atoms with Crippen LogP contribution in [-0.2, 0) is 6.54 Å². The molecule has 0 radical (unpaired) electrons. The number of hydrazine groups is 1. The van der Waals surface area contributed by atoms with Gasteiger partial charge in [0.25, 0.3) is 5.91 Å². The summed E-state index contributed by atoms with van der Waals surface area (Å²) in [6.07, 6.45) is 2.58. The first-order valence-corrected chi connectivity index (χ1v) is 5.95. The Morgan fingerprint density at radius 2 is 2.11 bits per heavy atom. The number of nitrogens with one attached hydrogen (secondary N) is 1. The van der Waals surface area contributed by atoms with Crippen molar-refractivity contribution in [3.8, 4) is 0 Å². The monoisotopic (exact) mass is 254 g/mol. The Morgan fingerprint density at radius 1 is 1.39 bits per heavy atom. The van der Waals surface area contributed by atoms with E-state index in [9.17, 15) is 4.79 Å². The maximum atomic E-state index is 11.5. The van der Waals surface area contributed by atoms with Crippen molar-refractivity contribution in [2.75, 3.05) is 34.2 Å². The quantitative estimate of drug-likeness (QED) is 0.415. The fourth-order valence-electron chi connectivity index (χ4n) is 1.72. The zero-order valence-electron chi connectivity index (χ0n) is 11.3. The molecular weight excluding hydrogens is 232 g/mol. The van der Waals surface area contributed by atoms with Crippen LogP contribution in [0, 0.1) is 0 Å². The van der Waals surface area contributed by atoms with Gasteiger partial charge < -0.3 is 9.32 Å². The Morgan fingerprint density at radius 3 is 2.72 bits per heavy atom. The molecular formula is C12H22N4O2. The third-order valence-electron chi connectivity index (χ3n) is 2.68. The molecule has 1 rings (SSSR count). The summed E-state index contributed by atoms with van der Waals surface area (Å²) in [5, 5.41) is 0. The Balaban J connectivity index is 2.46. The SMILES string of the molecule is CN(C)CCCN(C)Cc1occc1C(=O)NN. The fourth-order valence-corrected chi connectivity index (χ4v) is 1.72. The van der Waals surface area contributed by atoms with Crippen molar-refractivity contribution in [3.05, 3.63) is 23.7 Å². The van der Waals surface area contributed by atoms with E-state index in [0.29, 0.717) is 17.9 Å². The number of carbonyl (C=O) groups excluding carboxylic acids is 1. The van der Waals surface area contributed by atoms with Crippen molar-refractivity contribution >= 4 is 5.91 Å². The summed E-state index contributed by atoms with van der Waals surface area (Å²) in [7, 11) is 6.11. The van der Waals surface area contributed by atoms with Crippen molar-refractivity contribution in [1.29, 1.82) is 0 Å². The van der Waals surface area contributed by atoms with Gasteiger partial charge in [0.15, 0.2) is 0 Å². The highest BCUT2D eigenvalue weighted by molar-refractivity contribution is 5.94. The molecule has 0 spiro atoms. The minimum absolute atomic E-state index is 0.319. The molecule has 0 aliphatic heterocycles. The van der Waals surface area contributed by atoms with E-state index < -0.39 is 0 Å². The van der Waals surface area contributed by atoms with Crippen LogP contribution in [0.3, 0.4) is 0 Å². The number of nitrogen functional groups attached to an aromatic ring is 1. The van der Waals surface area contributed by atoms with E-state index in [4.69, 9.17) is 10.3 Å². The van der Waals surface area contributed by atoms with Crippen LogP contribution in [0.2, 0.25) is 0 Å². The number of rotatable bonds is 7. The van der Waals surface area contributed by atoms with Crippen LogP contribution in [0.1, 0.15) is 22.5 Å². The molecule has 0 unspecified atom stereocenters. The molecule has 1 aromatic rings. The molecule has 0 aliphatic rings. The lowest BCUT2D eigenvalue weighted by atomic mass is 10.2. The summed E-state index contributed by atoms with van der Waals surface area (Å²) >= 11 is 0. The summed E-state index contributed by atoms with van der Waals surface area (Å²) in [5.74, 6) is 5.44. The lowest BCUT2D eigenvalue weighted by Gasteiger charge is -2.17. The van der Waals surface area contributed by atoms with E-state index in [1.165, 1.54) is 6.26 Å². The maximum Gasteiger partial charge on any atom is 0.268 e. The normalized spacial score (nSPS) is 11.2. The molecule has 0 bridgehead atoms. The maximum absolute atomic E-state index is 11.5. The topological polar surface area (TPSA) is 74.7 Å². The highest BCUT2D eigenvalue weighted by Crippen LogP contribution is 2.12. The van der Waals surface area contributed by atoms with E-state index in [0.717, 1.165) is 19.5 Å². The molecule has 0 fully saturated rings.